The molecule has 0 saturated heterocycles. The summed E-state index contributed by atoms with van der Waals surface area (Å²) >= 11 is 0. The first-order valence-corrected chi connectivity index (χ1v) is 5.93. The van der Waals surface area contributed by atoms with Crippen molar-refractivity contribution in [1.29, 1.82) is 0 Å². The zero-order chi connectivity index (χ0) is 11.6. The molecule has 0 aromatic heterocycles. The molecule has 4 bridgehead atoms. The Labute approximate surface area is 93.6 Å². The molecular weight excluding hydrogens is 208 g/mol. The van der Waals surface area contributed by atoms with Crippen molar-refractivity contribution in [3.05, 3.63) is 0 Å². The second-order valence-electron chi connectivity index (χ2n) is 6.10. The quantitative estimate of drug-likeness (QED) is 0.685. The fraction of sp³-hybridized carbons (Fsp3) is 0.833. The third-order valence-corrected chi connectivity index (χ3v) is 4.71. The minimum Gasteiger partial charge on any atom is -0.475 e. The van der Waals surface area contributed by atoms with Gasteiger partial charge in [0, 0.05) is 5.41 Å². The predicted octanol–water partition coefficient (Wildman–Crippen LogP) is 0.971. The predicted molar refractivity (Wildman–Crippen MR) is 54.7 cm³/mol. The van der Waals surface area contributed by atoms with E-state index >= 15 is 0 Å². The monoisotopic (exact) mass is 224 g/mol. The Morgan fingerprint density at radius 1 is 1.06 bits per heavy atom. The summed E-state index contributed by atoms with van der Waals surface area (Å²) in [5.41, 5.74) is -1.50. The van der Waals surface area contributed by atoms with E-state index in [4.69, 9.17) is 5.11 Å². The number of aliphatic carboxylic acids is 1. The number of hydrogen-bond donors (Lipinski definition) is 2. The smallest absolute Gasteiger partial charge is 0.372 e. The molecule has 2 unspecified atom stereocenters. The standard InChI is InChI=1S/C12H16O4/c13-9(10(14)15)11-2-7-1-8(3-11)5-12(16,4-7)6-11/h7-8,16H,1-6H2,(H,14,15)/t7?,8?,11-,12-. The fourth-order valence-corrected chi connectivity index (χ4v) is 4.71. The summed E-state index contributed by atoms with van der Waals surface area (Å²) in [6.07, 6.45) is 4.32. The Morgan fingerprint density at radius 3 is 2.06 bits per heavy atom. The molecule has 4 saturated carbocycles. The van der Waals surface area contributed by atoms with Crippen LogP contribution in [0, 0.1) is 17.3 Å². The van der Waals surface area contributed by atoms with Crippen molar-refractivity contribution < 1.29 is 19.8 Å². The van der Waals surface area contributed by atoms with Crippen LogP contribution in [0.15, 0.2) is 0 Å². The van der Waals surface area contributed by atoms with Crippen LogP contribution >= 0.6 is 0 Å². The summed E-state index contributed by atoms with van der Waals surface area (Å²) in [4.78, 5) is 22.7. The lowest BCUT2D eigenvalue weighted by Crippen LogP contribution is -2.59. The highest BCUT2D eigenvalue weighted by atomic mass is 16.4. The summed E-state index contributed by atoms with van der Waals surface area (Å²) in [6.45, 7) is 0. The van der Waals surface area contributed by atoms with Gasteiger partial charge in [0.15, 0.2) is 0 Å². The number of aliphatic hydroxyl groups is 1. The largest absolute Gasteiger partial charge is 0.475 e. The second kappa shape index (κ2) is 2.86. The van der Waals surface area contributed by atoms with Crippen LogP contribution in [0.5, 0.6) is 0 Å². The summed E-state index contributed by atoms with van der Waals surface area (Å²) in [6, 6.07) is 0. The molecule has 4 heteroatoms. The summed E-state index contributed by atoms with van der Waals surface area (Å²) < 4.78 is 0. The van der Waals surface area contributed by atoms with E-state index in [0.717, 1.165) is 19.3 Å². The number of hydrogen-bond acceptors (Lipinski definition) is 3. The molecule has 0 radical (unpaired) electrons. The van der Waals surface area contributed by atoms with Gasteiger partial charge in [-0.2, -0.15) is 0 Å². The van der Waals surface area contributed by atoms with Gasteiger partial charge in [-0.05, 0) is 50.4 Å². The summed E-state index contributed by atoms with van der Waals surface area (Å²) in [5, 5.41) is 19.2. The van der Waals surface area contributed by atoms with Crippen LogP contribution in [0.3, 0.4) is 0 Å². The fourth-order valence-electron chi connectivity index (χ4n) is 4.71. The molecule has 4 fully saturated rings. The Kier molecular flexibility index (Phi) is 1.83. The molecule has 0 aliphatic heterocycles. The zero-order valence-electron chi connectivity index (χ0n) is 9.11. The molecule has 0 amide bonds. The van der Waals surface area contributed by atoms with Crippen molar-refractivity contribution in [3.8, 4) is 0 Å². The van der Waals surface area contributed by atoms with E-state index in [2.05, 4.69) is 0 Å². The second-order valence-corrected chi connectivity index (χ2v) is 6.10. The van der Waals surface area contributed by atoms with Crippen molar-refractivity contribution in [2.75, 3.05) is 0 Å². The number of Topliss-reactive ketones (excluding diaryl/α,β-unsaturated/α-hetero) is 1. The van der Waals surface area contributed by atoms with Crippen LogP contribution in [0.25, 0.3) is 0 Å². The van der Waals surface area contributed by atoms with Gasteiger partial charge in [0.25, 0.3) is 0 Å². The first kappa shape index (κ1) is 10.3. The number of carboxylic acids is 1. The van der Waals surface area contributed by atoms with Crippen LogP contribution in [0.4, 0.5) is 0 Å². The minimum atomic E-state index is -1.33. The third-order valence-electron chi connectivity index (χ3n) is 4.71. The number of ketones is 1. The van der Waals surface area contributed by atoms with Gasteiger partial charge in [-0.15, -0.1) is 0 Å². The van der Waals surface area contributed by atoms with Gasteiger partial charge in [-0.3, -0.25) is 4.79 Å². The van der Waals surface area contributed by atoms with Crippen molar-refractivity contribution in [3.63, 3.8) is 0 Å². The van der Waals surface area contributed by atoms with Crippen molar-refractivity contribution >= 4 is 11.8 Å². The van der Waals surface area contributed by atoms with E-state index in [-0.39, 0.29) is 0 Å². The van der Waals surface area contributed by atoms with Gasteiger partial charge in [0.2, 0.25) is 5.78 Å². The highest BCUT2D eigenvalue weighted by Gasteiger charge is 2.61. The maximum Gasteiger partial charge on any atom is 0.372 e. The van der Waals surface area contributed by atoms with Crippen LogP contribution in [0.1, 0.15) is 38.5 Å². The molecular formula is C12H16O4. The van der Waals surface area contributed by atoms with E-state index in [9.17, 15) is 14.7 Å². The first-order valence-electron chi connectivity index (χ1n) is 5.93. The highest BCUT2D eigenvalue weighted by molar-refractivity contribution is 6.35. The average molecular weight is 224 g/mol. The van der Waals surface area contributed by atoms with Gasteiger partial charge in [-0.1, -0.05) is 0 Å². The minimum absolute atomic E-state index is 0.356. The summed E-state index contributed by atoms with van der Waals surface area (Å²) in [7, 11) is 0. The lowest BCUT2D eigenvalue weighted by Gasteiger charge is -2.58. The lowest BCUT2D eigenvalue weighted by atomic mass is 9.47. The SMILES string of the molecule is O=C(O)C(=O)[C@]12CC3CC(C[C@@](O)(C3)C1)C2. The van der Waals surface area contributed by atoms with Crippen LogP contribution in [0.2, 0.25) is 0 Å². The molecule has 88 valence electrons. The van der Waals surface area contributed by atoms with Crippen molar-refractivity contribution in [2.24, 2.45) is 17.3 Å². The first-order chi connectivity index (χ1) is 7.42. The zero-order valence-corrected chi connectivity index (χ0v) is 9.11. The van der Waals surface area contributed by atoms with Gasteiger partial charge >= 0.3 is 5.97 Å². The topological polar surface area (TPSA) is 74.6 Å². The molecule has 16 heavy (non-hydrogen) atoms. The molecule has 4 aliphatic carbocycles. The maximum atomic E-state index is 11.8. The number of rotatable bonds is 2. The van der Waals surface area contributed by atoms with Crippen LogP contribution in [-0.2, 0) is 9.59 Å². The molecule has 4 aliphatic rings. The maximum absolute atomic E-state index is 11.8. The molecule has 4 rings (SSSR count). The van der Waals surface area contributed by atoms with E-state index in [1.807, 2.05) is 0 Å². The average Bonchev–Trinajstić information content (AvgIpc) is 2.12. The van der Waals surface area contributed by atoms with E-state index in [1.54, 1.807) is 0 Å². The van der Waals surface area contributed by atoms with Gasteiger partial charge in [-0.25, -0.2) is 4.79 Å². The van der Waals surface area contributed by atoms with E-state index in [0.29, 0.717) is 31.1 Å². The van der Waals surface area contributed by atoms with Crippen molar-refractivity contribution in [2.45, 2.75) is 44.1 Å². The Morgan fingerprint density at radius 2 is 1.62 bits per heavy atom. The molecule has 2 atom stereocenters. The number of carbonyl (C=O) groups excluding carboxylic acids is 1. The molecule has 4 nitrogen and oxygen atoms in total. The Hall–Kier alpha value is -0.900. The van der Waals surface area contributed by atoms with E-state index < -0.39 is 22.8 Å². The van der Waals surface area contributed by atoms with Crippen molar-refractivity contribution in [1.82, 2.24) is 0 Å². The lowest BCUT2D eigenvalue weighted by molar-refractivity contribution is -0.182. The highest BCUT2D eigenvalue weighted by Crippen LogP contribution is 2.61. The van der Waals surface area contributed by atoms with Crippen LogP contribution < -0.4 is 0 Å². The Bertz CT molecular complexity index is 359. The number of carboxylic acid groups (broad SMARTS) is 1. The van der Waals surface area contributed by atoms with Gasteiger partial charge in [0.1, 0.15) is 0 Å². The van der Waals surface area contributed by atoms with Crippen LogP contribution in [-0.4, -0.2) is 27.6 Å². The van der Waals surface area contributed by atoms with Gasteiger partial charge in [0.05, 0.1) is 5.60 Å². The van der Waals surface area contributed by atoms with Gasteiger partial charge < -0.3 is 10.2 Å². The normalized spacial score (nSPS) is 49.3. The molecule has 0 aromatic carbocycles. The third kappa shape index (κ3) is 1.25. The Balaban J connectivity index is 1.98. The van der Waals surface area contributed by atoms with E-state index in [1.165, 1.54) is 0 Å². The molecule has 0 aromatic rings. The number of carbonyl (C=O) groups is 2. The molecule has 2 N–H and O–H groups in total. The molecule has 0 heterocycles. The summed E-state index contributed by atoms with van der Waals surface area (Å²) in [5.74, 6) is -1.28. The molecule has 0 spiro atoms.